The normalized spacial score (nSPS) is 15.9. The van der Waals surface area contributed by atoms with Gasteiger partial charge in [0, 0.05) is 48.2 Å². The standard InChI is InChI=1S/C23H21FN2O4.C8H15NO.C2H6/c1-11-12-4-3-5-13-15-8-26-19(22(15)25-18(21(12)13)7-17(11)24)6-14(20(28)9-27)16(10-30-2)23(26)29;1-9-8(10)7-5-3-2-4-6-7;1-2/h6-7,9,20,28H,3-5,8,10H2,1-2H3;7H,2-6H2,1H3,(H,9,10);1-2H3. The molecule has 42 heavy (non-hydrogen) atoms. The third kappa shape index (κ3) is 5.77. The minimum absolute atomic E-state index is 0.00743. The lowest BCUT2D eigenvalue weighted by Crippen LogP contribution is -2.28. The second-order valence-corrected chi connectivity index (χ2v) is 10.9. The van der Waals surface area contributed by atoms with E-state index in [4.69, 9.17) is 9.72 Å². The van der Waals surface area contributed by atoms with E-state index in [0.717, 1.165) is 54.2 Å². The van der Waals surface area contributed by atoms with E-state index >= 15 is 0 Å². The molecule has 1 fully saturated rings. The van der Waals surface area contributed by atoms with Gasteiger partial charge in [0.05, 0.1) is 30.1 Å². The third-order valence-electron chi connectivity index (χ3n) is 8.62. The van der Waals surface area contributed by atoms with Crippen LogP contribution in [-0.2, 0) is 40.3 Å². The Hall–Kier alpha value is -3.43. The Bertz CT molecular complexity index is 1540. The molecule has 226 valence electrons. The van der Waals surface area contributed by atoms with Crippen molar-refractivity contribution in [2.45, 2.75) is 91.4 Å². The Morgan fingerprint density at radius 3 is 2.50 bits per heavy atom. The van der Waals surface area contributed by atoms with Crippen molar-refractivity contribution >= 4 is 23.1 Å². The fraction of sp³-hybridized carbons (Fsp3) is 0.515. The SMILES string of the molecule is CC.CNC(=O)C1CCCCC1.COCc1c(C(O)C=O)cc2n(c1=O)Cc1c-2nc2cc(F)c(C)c3c2c1CCC3. The van der Waals surface area contributed by atoms with E-state index in [2.05, 4.69) is 5.32 Å². The van der Waals surface area contributed by atoms with Crippen LogP contribution in [0.5, 0.6) is 0 Å². The van der Waals surface area contributed by atoms with Crippen LogP contribution in [0.15, 0.2) is 16.9 Å². The van der Waals surface area contributed by atoms with Crippen LogP contribution in [0.2, 0.25) is 0 Å². The minimum Gasteiger partial charge on any atom is -0.381 e. The van der Waals surface area contributed by atoms with E-state index < -0.39 is 6.10 Å². The van der Waals surface area contributed by atoms with Crippen LogP contribution >= 0.6 is 0 Å². The zero-order chi connectivity index (χ0) is 30.6. The Morgan fingerprint density at radius 1 is 1.17 bits per heavy atom. The van der Waals surface area contributed by atoms with E-state index in [0.29, 0.717) is 41.2 Å². The lowest BCUT2D eigenvalue weighted by atomic mass is 9.85. The number of aliphatic hydroxyl groups excluding tert-OH is 1. The Labute approximate surface area is 246 Å². The first-order chi connectivity index (χ1) is 20.3. The van der Waals surface area contributed by atoms with Gasteiger partial charge in [-0.25, -0.2) is 9.37 Å². The van der Waals surface area contributed by atoms with Gasteiger partial charge in [0.2, 0.25) is 5.91 Å². The summed E-state index contributed by atoms with van der Waals surface area (Å²) in [6.07, 6.45) is 7.51. The number of aryl methyl sites for hydroxylation is 2. The topological polar surface area (TPSA) is 111 Å². The van der Waals surface area contributed by atoms with Crippen LogP contribution in [-0.4, -0.2) is 41.0 Å². The fourth-order valence-corrected chi connectivity index (χ4v) is 6.52. The van der Waals surface area contributed by atoms with Gasteiger partial charge in [-0.05, 0) is 61.8 Å². The van der Waals surface area contributed by atoms with Crippen molar-refractivity contribution in [1.29, 1.82) is 0 Å². The van der Waals surface area contributed by atoms with E-state index in [1.54, 1.807) is 24.6 Å². The van der Waals surface area contributed by atoms with Crippen LogP contribution in [0.3, 0.4) is 0 Å². The highest BCUT2D eigenvalue weighted by atomic mass is 19.1. The number of aromatic nitrogens is 2. The molecule has 2 aliphatic carbocycles. The lowest BCUT2D eigenvalue weighted by molar-refractivity contribution is -0.125. The van der Waals surface area contributed by atoms with Gasteiger partial charge in [-0.1, -0.05) is 33.1 Å². The maximum Gasteiger partial charge on any atom is 0.257 e. The fourth-order valence-electron chi connectivity index (χ4n) is 6.52. The number of rotatable bonds is 5. The lowest BCUT2D eigenvalue weighted by Gasteiger charge is -2.21. The summed E-state index contributed by atoms with van der Waals surface area (Å²) in [5.41, 5.74) is 5.67. The molecule has 1 saturated carbocycles. The number of pyridine rings is 2. The molecule has 1 unspecified atom stereocenters. The van der Waals surface area contributed by atoms with Gasteiger partial charge >= 0.3 is 0 Å². The summed E-state index contributed by atoms with van der Waals surface area (Å²) in [6, 6.07) is 3.10. The number of carbonyl (C=O) groups excluding carboxylic acids is 2. The number of hydrogen-bond acceptors (Lipinski definition) is 6. The highest BCUT2D eigenvalue weighted by Crippen LogP contribution is 2.41. The summed E-state index contributed by atoms with van der Waals surface area (Å²) in [7, 11) is 3.18. The number of halogens is 1. The number of benzene rings is 1. The van der Waals surface area contributed by atoms with Gasteiger partial charge < -0.3 is 24.5 Å². The number of nitrogens with one attached hydrogen (secondary N) is 1. The molecule has 1 amide bonds. The molecule has 3 heterocycles. The number of amides is 1. The molecule has 1 aromatic carbocycles. The molecule has 2 N–H and O–H groups in total. The monoisotopic (exact) mass is 579 g/mol. The van der Waals surface area contributed by atoms with Gasteiger partial charge in [-0.2, -0.15) is 0 Å². The molecular weight excluding hydrogens is 537 g/mol. The smallest absolute Gasteiger partial charge is 0.257 e. The second-order valence-electron chi connectivity index (χ2n) is 10.9. The number of ether oxygens (including phenoxy) is 1. The largest absolute Gasteiger partial charge is 0.381 e. The molecule has 0 spiro atoms. The first-order valence-electron chi connectivity index (χ1n) is 15.0. The predicted octanol–water partition coefficient (Wildman–Crippen LogP) is 5.08. The van der Waals surface area contributed by atoms with Crippen LogP contribution in [0, 0.1) is 18.7 Å². The average Bonchev–Trinajstić information content (AvgIpc) is 3.41. The number of methoxy groups -OCH3 is 1. The Kier molecular flexibility index (Phi) is 10.3. The zero-order valence-corrected chi connectivity index (χ0v) is 25.3. The molecule has 0 saturated heterocycles. The molecule has 9 heteroatoms. The molecular formula is C33H42FN3O5. The van der Waals surface area contributed by atoms with E-state index in [-0.39, 0.29) is 35.0 Å². The first-order valence-corrected chi connectivity index (χ1v) is 15.0. The van der Waals surface area contributed by atoms with Gasteiger partial charge in [-0.3, -0.25) is 9.59 Å². The van der Waals surface area contributed by atoms with Crippen LogP contribution in [0.1, 0.15) is 91.9 Å². The average molecular weight is 580 g/mol. The summed E-state index contributed by atoms with van der Waals surface area (Å²) in [5.74, 6) is 0.277. The van der Waals surface area contributed by atoms with Crippen LogP contribution in [0.25, 0.3) is 22.3 Å². The highest BCUT2D eigenvalue weighted by Gasteiger charge is 2.31. The number of carbonyl (C=O) groups is 2. The number of aldehydes is 1. The zero-order valence-electron chi connectivity index (χ0n) is 25.3. The number of fused-ring (bicyclic) bond motifs is 4. The van der Waals surface area contributed by atoms with E-state index in [9.17, 15) is 23.9 Å². The van der Waals surface area contributed by atoms with E-state index in [1.807, 2.05) is 13.8 Å². The van der Waals surface area contributed by atoms with Gasteiger partial charge in [0.1, 0.15) is 11.9 Å². The van der Waals surface area contributed by atoms with Crippen molar-refractivity contribution in [2.24, 2.45) is 5.92 Å². The Morgan fingerprint density at radius 2 is 1.86 bits per heavy atom. The molecule has 6 rings (SSSR count). The van der Waals surface area contributed by atoms with Crippen molar-refractivity contribution in [1.82, 2.24) is 14.9 Å². The summed E-state index contributed by atoms with van der Waals surface area (Å²) in [6.45, 7) is 6.16. The molecule has 1 atom stereocenters. The quantitative estimate of drug-likeness (QED) is 0.319. The summed E-state index contributed by atoms with van der Waals surface area (Å²) < 4.78 is 21.3. The van der Waals surface area contributed by atoms with Crippen molar-refractivity contribution in [3.05, 3.63) is 61.7 Å². The molecule has 0 radical (unpaired) electrons. The van der Waals surface area contributed by atoms with Crippen molar-refractivity contribution < 1.29 is 23.8 Å². The minimum atomic E-state index is -1.43. The van der Waals surface area contributed by atoms with Gasteiger partial charge in [0.15, 0.2) is 6.29 Å². The molecule has 3 aliphatic rings. The van der Waals surface area contributed by atoms with E-state index in [1.165, 1.54) is 32.4 Å². The summed E-state index contributed by atoms with van der Waals surface area (Å²) in [5, 5.41) is 13.9. The first kappa shape index (κ1) is 31.5. The molecule has 1 aliphatic heterocycles. The third-order valence-corrected chi connectivity index (χ3v) is 8.62. The number of hydrogen-bond donors (Lipinski definition) is 2. The number of aliphatic hydroxyl groups is 1. The molecule has 3 aromatic rings. The maximum atomic E-state index is 14.5. The Balaban J connectivity index is 0.000000285. The maximum absolute atomic E-state index is 14.5. The van der Waals surface area contributed by atoms with Gasteiger partial charge in [0.25, 0.3) is 5.56 Å². The molecule has 8 nitrogen and oxygen atoms in total. The second kappa shape index (κ2) is 13.7. The van der Waals surface area contributed by atoms with Crippen molar-refractivity contribution in [3.8, 4) is 11.4 Å². The van der Waals surface area contributed by atoms with Crippen LogP contribution < -0.4 is 10.9 Å². The summed E-state index contributed by atoms with van der Waals surface area (Å²) in [4.78, 5) is 40.3. The predicted molar refractivity (Wildman–Crippen MR) is 161 cm³/mol. The number of nitrogens with zero attached hydrogens (tertiary/aromatic N) is 2. The van der Waals surface area contributed by atoms with Crippen molar-refractivity contribution in [3.63, 3.8) is 0 Å². The van der Waals surface area contributed by atoms with Crippen molar-refractivity contribution in [2.75, 3.05) is 14.2 Å². The molecule has 2 aromatic heterocycles. The van der Waals surface area contributed by atoms with Crippen LogP contribution in [0.4, 0.5) is 4.39 Å². The summed E-state index contributed by atoms with van der Waals surface area (Å²) >= 11 is 0. The van der Waals surface area contributed by atoms with Gasteiger partial charge in [-0.15, -0.1) is 0 Å². The highest BCUT2D eigenvalue weighted by molar-refractivity contribution is 5.92. The molecule has 0 bridgehead atoms.